The van der Waals surface area contributed by atoms with Gasteiger partial charge in [-0.25, -0.2) is 23.5 Å². The van der Waals surface area contributed by atoms with Crippen LogP contribution in [-0.2, 0) is 22.7 Å². The predicted molar refractivity (Wildman–Crippen MR) is 50.9 cm³/mol. The molecule has 10 nitrogen and oxygen atoms in total. The second-order valence-corrected chi connectivity index (χ2v) is 2.98. The van der Waals surface area contributed by atoms with Crippen molar-refractivity contribution in [3.05, 3.63) is 31.5 Å². The van der Waals surface area contributed by atoms with Crippen molar-refractivity contribution in [2.75, 3.05) is 0 Å². The third-order valence-corrected chi connectivity index (χ3v) is 1.75. The molecule has 1 rings (SSSR count). The molecule has 92 valence electrons. The van der Waals surface area contributed by atoms with Crippen LogP contribution in [0.1, 0.15) is 0 Å². The van der Waals surface area contributed by atoms with Crippen LogP contribution in [0.2, 0.25) is 0 Å². The summed E-state index contributed by atoms with van der Waals surface area (Å²) in [4.78, 5) is 56.1. The minimum atomic E-state index is -1.47. The standard InChI is InChI=1S/C7H7N3O7/c11-3(12)1-9-5(15)8-6(16)10(7(9)17)2-4(13)14/h1-2H2,(H,11,12)(H,13,14)(H,8,15,16). The number of aromatic amines is 1. The largest absolute Gasteiger partial charge is 0.480 e. The van der Waals surface area contributed by atoms with Crippen LogP contribution in [0.5, 0.6) is 0 Å². The summed E-state index contributed by atoms with van der Waals surface area (Å²) in [5, 5.41) is 16.9. The fourth-order valence-corrected chi connectivity index (χ4v) is 1.10. The number of carboxylic acids is 2. The van der Waals surface area contributed by atoms with E-state index in [1.807, 2.05) is 0 Å². The molecule has 0 fully saturated rings. The van der Waals surface area contributed by atoms with Crippen LogP contribution in [0.25, 0.3) is 0 Å². The summed E-state index contributed by atoms with van der Waals surface area (Å²) in [6.07, 6.45) is 0. The molecule has 1 heterocycles. The molecule has 0 bridgehead atoms. The summed E-state index contributed by atoms with van der Waals surface area (Å²) >= 11 is 0. The van der Waals surface area contributed by atoms with E-state index in [9.17, 15) is 24.0 Å². The molecular weight excluding hydrogens is 238 g/mol. The van der Waals surface area contributed by atoms with Crippen LogP contribution in [0.15, 0.2) is 14.4 Å². The third-order valence-electron chi connectivity index (χ3n) is 1.75. The molecular formula is C7H7N3O7. The van der Waals surface area contributed by atoms with Crippen LogP contribution < -0.4 is 17.1 Å². The molecule has 0 saturated carbocycles. The average molecular weight is 245 g/mol. The molecule has 0 aliphatic rings. The number of hydrogen-bond acceptors (Lipinski definition) is 5. The zero-order valence-electron chi connectivity index (χ0n) is 8.24. The van der Waals surface area contributed by atoms with Crippen LogP contribution in [0.3, 0.4) is 0 Å². The van der Waals surface area contributed by atoms with Gasteiger partial charge in [-0.15, -0.1) is 0 Å². The molecule has 17 heavy (non-hydrogen) atoms. The topological polar surface area (TPSA) is 151 Å². The average Bonchev–Trinajstić information content (AvgIpc) is 2.18. The van der Waals surface area contributed by atoms with Gasteiger partial charge in [-0.1, -0.05) is 0 Å². The molecule has 0 saturated heterocycles. The fourth-order valence-electron chi connectivity index (χ4n) is 1.10. The molecule has 0 aliphatic carbocycles. The first-order valence-corrected chi connectivity index (χ1v) is 4.20. The summed E-state index contributed by atoms with van der Waals surface area (Å²) in [5.41, 5.74) is -3.70. The van der Waals surface area contributed by atoms with E-state index in [0.29, 0.717) is 0 Å². The number of rotatable bonds is 4. The molecule has 0 atom stereocenters. The zero-order chi connectivity index (χ0) is 13.2. The van der Waals surface area contributed by atoms with E-state index >= 15 is 0 Å². The van der Waals surface area contributed by atoms with Gasteiger partial charge in [-0.05, 0) is 0 Å². The highest BCUT2D eigenvalue weighted by molar-refractivity contribution is 5.67. The second-order valence-electron chi connectivity index (χ2n) is 2.98. The molecule has 0 spiro atoms. The minimum absolute atomic E-state index is 0.215. The normalized spacial score (nSPS) is 10.1. The summed E-state index contributed by atoms with van der Waals surface area (Å²) in [6, 6.07) is 0. The molecule has 1 aromatic heterocycles. The van der Waals surface area contributed by atoms with E-state index in [4.69, 9.17) is 10.2 Å². The van der Waals surface area contributed by atoms with E-state index in [0.717, 1.165) is 0 Å². The Morgan fingerprint density at radius 1 is 0.941 bits per heavy atom. The maximum absolute atomic E-state index is 11.5. The van der Waals surface area contributed by atoms with Gasteiger partial charge in [0.25, 0.3) is 0 Å². The van der Waals surface area contributed by atoms with Crippen LogP contribution in [0, 0.1) is 0 Å². The monoisotopic (exact) mass is 245 g/mol. The molecule has 0 radical (unpaired) electrons. The first-order chi connectivity index (χ1) is 7.82. The Morgan fingerprint density at radius 3 is 1.59 bits per heavy atom. The summed E-state index contributed by atoms with van der Waals surface area (Å²) < 4.78 is 0.430. The van der Waals surface area contributed by atoms with Crippen LogP contribution in [0.4, 0.5) is 0 Å². The van der Waals surface area contributed by atoms with Gasteiger partial charge < -0.3 is 10.2 Å². The van der Waals surface area contributed by atoms with Gasteiger partial charge in [0.15, 0.2) is 0 Å². The van der Waals surface area contributed by atoms with Crippen molar-refractivity contribution in [1.82, 2.24) is 14.1 Å². The first-order valence-electron chi connectivity index (χ1n) is 4.20. The first kappa shape index (κ1) is 12.4. The molecule has 0 aliphatic heterocycles. The number of aliphatic carboxylic acids is 2. The lowest BCUT2D eigenvalue weighted by molar-refractivity contribution is -0.138. The van der Waals surface area contributed by atoms with Crippen molar-refractivity contribution in [3.8, 4) is 0 Å². The SMILES string of the molecule is O=C(O)Cn1c(=O)[nH]c(=O)n(CC(=O)O)c1=O. The van der Waals surface area contributed by atoms with E-state index in [1.165, 1.54) is 0 Å². The minimum Gasteiger partial charge on any atom is -0.480 e. The summed E-state index contributed by atoms with van der Waals surface area (Å²) in [6.45, 7) is -1.93. The van der Waals surface area contributed by atoms with Gasteiger partial charge in [-0.3, -0.25) is 14.6 Å². The predicted octanol–water partition coefficient (Wildman–Crippen LogP) is -3.13. The lowest BCUT2D eigenvalue weighted by atomic mass is 10.6. The van der Waals surface area contributed by atoms with Gasteiger partial charge in [0.1, 0.15) is 13.1 Å². The van der Waals surface area contributed by atoms with E-state index < -0.39 is 42.1 Å². The number of H-pyrrole nitrogens is 1. The lowest BCUT2D eigenvalue weighted by Crippen LogP contribution is -2.51. The van der Waals surface area contributed by atoms with Crippen LogP contribution in [-0.4, -0.2) is 36.3 Å². The maximum atomic E-state index is 11.5. The van der Waals surface area contributed by atoms with Gasteiger partial charge in [0, 0.05) is 0 Å². The summed E-state index contributed by atoms with van der Waals surface area (Å²) in [5.74, 6) is -2.95. The molecule has 1 aromatic rings. The van der Waals surface area contributed by atoms with E-state index in [1.54, 1.807) is 4.98 Å². The Morgan fingerprint density at radius 2 is 1.29 bits per heavy atom. The Kier molecular flexibility index (Phi) is 3.26. The molecule has 0 unspecified atom stereocenters. The van der Waals surface area contributed by atoms with Gasteiger partial charge >= 0.3 is 29.0 Å². The second kappa shape index (κ2) is 4.47. The highest BCUT2D eigenvalue weighted by Crippen LogP contribution is 1.74. The Balaban J connectivity index is 3.48. The van der Waals surface area contributed by atoms with Gasteiger partial charge in [-0.2, -0.15) is 0 Å². The number of hydrogen-bond donors (Lipinski definition) is 3. The fraction of sp³-hybridized carbons (Fsp3) is 0.286. The van der Waals surface area contributed by atoms with Gasteiger partial charge in [0.2, 0.25) is 0 Å². The Bertz CT molecular complexity index is 583. The van der Waals surface area contributed by atoms with Gasteiger partial charge in [0.05, 0.1) is 0 Å². The van der Waals surface area contributed by atoms with E-state index in [2.05, 4.69) is 0 Å². The molecule has 0 aromatic carbocycles. The molecule has 10 heteroatoms. The molecule has 0 amide bonds. The lowest BCUT2D eigenvalue weighted by Gasteiger charge is -2.04. The Labute approximate surface area is 91.4 Å². The van der Waals surface area contributed by atoms with Crippen molar-refractivity contribution in [3.63, 3.8) is 0 Å². The smallest absolute Gasteiger partial charge is 0.337 e. The molecule has 3 N–H and O–H groups in total. The van der Waals surface area contributed by atoms with Crippen molar-refractivity contribution in [1.29, 1.82) is 0 Å². The summed E-state index contributed by atoms with van der Waals surface area (Å²) in [7, 11) is 0. The zero-order valence-corrected chi connectivity index (χ0v) is 8.24. The van der Waals surface area contributed by atoms with Crippen molar-refractivity contribution in [2.45, 2.75) is 13.1 Å². The maximum Gasteiger partial charge on any atom is 0.337 e. The van der Waals surface area contributed by atoms with Crippen molar-refractivity contribution >= 4 is 11.9 Å². The highest BCUT2D eigenvalue weighted by Gasteiger charge is 2.13. The number of carbonyl (C=O) groups is 2. The number of carboxylic acid groups (broad SMARTS) is 2. The number of aromatic nitrogens is 3. The Hall–Kier alpha value is -2.65. The third kappa shape index (κ3) is 2.68. The van der Waals surface area contributed by atoms with Crippen molar-refractivity contribution in [2.24, 2.45) is 0 Å². The van der Waals surface area contributed by atoms with E-state index in [-0.39, 0.29) is 9.13 Å². The van der Waals surface area contributed by atoms with Crippen molar-refractivity contribution < 1.29 is 19.8 Å². The highest BCUT2D eigenvalue weighted by atomic mass is 16.4. The number of nitrogens with one attached hydrogen (secondary N) is 1. The van der Waals surface area contributed by atoms with Crippen LogP contribution >= 0.6 is 0 Å². The quantitative estimate of drug-likeness (QED) is 0.507. The number of nitrogens with zero attached hydrogens (tertiary/aromatic N) is 2.